The number of carbonyl (C=O) groups is 3. The van der Waals surface area contributed by atoms with Crippen molar-refractivity contribution in [3.63, 3.8) is 0 Å². The van der Waals surface area contributed by atoms with E-state index in [1.54, 1.807) is 0 Å². The van der Waals surface area contributed by atoms with Gasteiger partial charge < -0.3 is 23.7 Å². The first-order chi connectivity index (χ1) is 27.9. The highest BCUT2D eigenvalue weighted by atomic mass is 16.5. The molecule has 306 valence electrons. The van der Waals surface area contributed by atoms with Crippen molar-refractivity contribution >= 4 is 28.7 Å². The number of fused-ring (bicyclic) bond motifs is 1. The van der Waals surface area contributed by atoms with Gasteiger partial charge in [0.1, 0.15) is 11.5 Å². The minimum Gasteiger partial charge on any atom is -0.494 e. The Morgan fingerprint density at radius 3 is 1.61 bits per heavy atom. The normalized spacial score (nSPS) is 14.9. The van der Waals surface area contributed by atoms with Crippen LogP contribution in [0, 0.1) is 17.8 Å². The van der Waals surface area contributed by atoms with Gasteiger partial charge in [0.2, 0.25) is 0 Å². The molecular weight excluding hydrogens is 717 g/mol. The number of rotatable bonds is 26. The fourth-order valence-corrected chi connectivity index (χ4v) is 6.89. The molecule has 0 heterocycles. The molecule has 0 bridgehead atoms. The molecule has 1 fully saturated rings. The summed E-state index contributed by atoms with van der Waals surface area (Å²) in [5.41, 5.74) is 1.78. The van der Waals surface area contributed by atoms with Gasteiger partial charge in [-0.2, -0.15) is 0 Å². The summed E-state index contributed by atoms with van der Waals surface area (Å²) in [7, 11) is 0. The zero-order valence-corrected chi connectivity index (χ0v) is 33.8. The first-order valence-electron chi connectivity index (χ1n) is 21.1. The molecule has 1 aliphatic rings. The van der Waals surface area contributed by atoms with Crippen LogP contribution in [-0.2, 0) is 28.6 Å². The molecule has 0 atom stereocenters. The molecule has 0 radical (unpaired) electrons. The van der Waals surface area contributed by atoms with Crippen molar-refractivity contribution in [2.75, 3.05) is 26.4 Å². The number of ether oxygens (including phenoxy) is 5. The van der Waals surface area contributed by atoms with E-state index in [9.17, 15) is 14.4 Å². The number of carbonyl (C=O) groups excluding carboxylic acids is 3. The molecule has 3 aromatic carbocycles. The second kappa shape index (κ2) is 26.9. The molecule has 0 aromatic heterocycles. The third kappa shape index (κ3) is 18.3. The number of hydrogen-bond acceptors (Lipinski definition) is 8. The van der Waals surface area contributed by atoms with Crippen LogP contribution in [0.25, 0.3) is 10.8 Å². The highest BCUT2D eigenvalue weighted by Crippen LogP contribution is 2.28. The number of unbranched alkanes of at least 4 members (excludes halogenated alkanes) is 12. The molecule has 8 heteroatoms. The predicted octanol–water partition coefficient (Wildman–Crippen LogP) is 11.0. The second-order valence-electron chi connectivity index (χ2n) is 14.8. The average Bonchev–Trinajstić information content (AvgIpc) is 3.24. The van der Waals surface area contributed by atoms with E-state index < -0.39 is 0 Å². The first-order valence-corrected chi connectivity index (χ1v) is 21.1. The topological polar surface area (TPSA) is 97.4 Å². The summed E-state index contributed by atoms with van der Waals surface area (Å²) in [4.78, 5) is 35.0. The van der Waals surface area contributed by atoms with Gasteiger partial charge in [-0.25, -0.2) is 9.59 Å². The van der Waals surface area contributed by atoms with Crippen molar-refractivity contribution in [2.45, 2.75) is 122 Å². The Morgan fingerprint density at radius 1 is 0.544 bits per heavy atom. The fourth-order valence-electron chi connectivity index (χ4n) is 6.89. The molecule has 57 heavy (non-hydrogen) atoms. The summed E-state index contributed by atoms with van der Waals surface area (Å²) in [6.45, 7) is 9.22. The SMILES string of the molecule is C=CC(=O)OCCCCCCCCCOc1ccc2cc(C#Cc3ccc(OC(=O)C4CCC(OCCCCCCCCCOC(=O)C=C)CC4)cc3)ccc2c1. The van der Waals surface area contributed by atoms with Crippen LogP contribution >= 0.6 is 0 Å². The molecular formula is C49H62O8. The lowest BCUT2D eigenvalue weighted by molar-refractivity contribution is -0.141. The van der Waals surface area contributed by atoms with Gasteiger partial charge in [-0.15, -0.1) is 0 Å². The van der Waals surface area contributed by atoms with Gasteiger partial charge in [-0.05, 0) is 111 Å². The second-order valence-corrected chi connectivity index (χ2v) is 14.8. The minimum atomic E-state index is -0.348. The molecule has 0 N–H and O–H groups in total. The van der Waals surface area contributed by atoms with Crippen LogP contribution < -0.4 is 9.47 Å². The molecule has 4 rings (SSSR count). The van der Waals surface area contributed by atoms with Crippen molar-refractivity contribution in [3.8, 4) is 23.3 Å². The van der Waals surface area contributed by atoms with E-state index in [0.717, 1.165) is 124 Å². The Kier molecular flexibility index (Phi) is 21.2. The van der Waals surface area contributed by atoms with Gasteiger partial charge in [-0.1, -0.05) is 101 Å². The largest absolute Gasteiger partial charge is 0.494 e. The molecule has 0 amide bonds. The van der Waals surface area contributed by atoms with Crippen molar-refractivity contribution < 1.29 is 38.1 Å². The molecule has 0 saturated heterocycles. The Hall–Kier alpha value is -4.87. The van der Waals surface area contributed by atoms with E-state index >= 15 is 0 Å². The highest BCUT2D eigenvalue weighted by molar-refractivity contribution is 5.85. The summed E-state index contributed by atoms with van der Waals surface area (Å²) in [6.07, 6.45) is 21.3. The van der Waals surface area contributed by atoms with Gasteiger partial charge >= 0.3 is 17.9 Å². The Balaban J connectivity index is 1.05. The minimum absolute atomic E-state index is 0.0960. The van der Waals surface area contributed by atoms with E-state index in [0.29, 0.717) is 25.6 Å². The van der Waals surface area contributed by atoms with Crippen LogP contribution in [0.3, 0.4) is 0 Å². The lowest BCUT2D eigenvalue weighted by Crippen LogP contribution is -2.29. The van der Waals surface area contributed by atoms with Crippen molar-refractivity contribution in [1.29, 1.82) is 0 Å². The lowest BCUT2D eigenvalue weighted by Gasteiger charge is -2.27. The summed E-state index contributed by atoms with van der Waals surface area (Å²) in [5.74, 6) is 6.96. The van der Waals surface area contributed by atoms with Gasteiger partial charge in [0.25, 0.3) is 0 Å². The fraction of sp³-hybridized carbons (Fsp3) is 0.490. The van der Waals surface area contributed by atoms with Gasteiger partial charge in [0.15, 0.2) is 0 Å². The molecule has 0 unspecified atom stereocenters. The predicted molar refractivity (Wildman–Crippen MR) is 226 cm³/mol. The molecule has 8 nitrogen and oxygen atoms in total. The maximum absolute atomic E-state index is 12.9. The zero-order chi connectivity index (χ0) is 40.3. The van der Waals surface area contributed by atoms with Gasteiger partial charge in [-0.3, -0.25) is 4.79 Å². The molecule has 3 aromatic rings. The first kappa shape index (κ1) is 44.8. The number of hydrogen-bond donors (Lipinski definition) is 0. The van der Waals surface area contributed by atoms with Crippen molar-refractivity contribution in [2.24, 2.45) is 5.92 Å². The third-order valence-corrected chi connectivity index (χ3v) is 10.3. The molecule has 1 saturated carbocycles. The quantitative estimate of drug-likeness (QED) is 0.0261. The van der Waals surface area contributed by atoms with Crippen LogP contribution in [0.1, 0.15) is 127 Å². The van der Waals surface area contributed by atoms with Crippen LogP contribution in [0.2, 0.25) is 0 Å². The molecule has 0 spiro atoms. The number of benzene rings is 3. The maximum atomic E-state index is 12.9. The lowest BCUT2D eigenvalue weighted by atomic mass is 9.87. The Morgan fingerprint density at radius 2 is 1.02 bits per heavy atom. The third-order valence-electron chi connectivity index (χ3n) is 10.3. The van der Waals surface area contributed by atoms with E-state index in [1.165, 1.54) is 37.8 Å². The Bertz CT molecular complexity index is 1740. The van der Waals surface area contributed by atoms with Crippen LogP contribution in [0.4, 0.5) is 0 Å². The van der Waals surface area contributed by atoms with E-state index in [2.05, 4.69) is 49.3 Å². The summed E-state index contributed by atoms with van der Waals surface area (Å²) >= 11 is 0. The summed E-state index contributed by atoms with van der Waals surface area (Å²) < 4.78 is 27.9. The molecule has 1 aliphatic carbocycles. The van der Waals surface area contributed by atoms with Crippen LogP contribution in [0.5, 0.6) is 11.5 Å². The summed E-state index contributed by atoms with van der Waals surface area (Å²) in [6, 6.07) is 19.8. The highest BCUT2D eigenvalue weighted by Gasteiger charge is 2.28. The maximum Gasteiger partial charge on any atom is 0.330 e. The van der Waals surface area contributed by atoms with Crippen LogP contribution in [-0.4, -0.2) is 50.4 Å². The van der Waals surface area contributed by atoms with E-state index in [4.69, 9.17) is 23.7 Å². The van der Waals surface area contributed by atoms with Gasteiger partial charge in [0.05, 0.1) is 31.8 Å². The molecule has 0 aliphatic heterocycles. The number of esters is 3. The van der Waals surface area contributed by atoms with Crippen molar-refractivity contribution in [1.82, 2.24) is 0 Å². The van der Waals surface area contributed by atoms with Gasteiger partial charge in [0, 0.05) is 29.9 Å². The standard InChI is InChI=1S/C49H62O8/c1-3-47(50)55-35-17-13-9-5-7-11-15-33-53-44-30-25-41(26-31-44)49(52)57-45-28-22-39(23-29-45)19-20-40-21-24-43-38-46(32-27-42(43)37-40)54-34-16-12-8-6-10-14-18-36-56-48(51)4-2/h3-4,21-24,27-29,32,37-38,41,44H,1-2,5-18,25-26,30-31,33-36H2. The van der Waals surface area contributed by atoms with Crippen molar-refractivity contribution in [3.05, 3.63) is 97.1 Å². The monoisotopic (exact) mass is 778 g/mol. The van der Waals surface area contributed by atoms with E-state index in [1.807, 2.05) is 36.4 Å². The summed E-state index contributed by atoms with van der Waals surface area (Å²) in [5, 5.41) is 2.22. The average molecular weight is 779 g/mol. The van der Waals surface area contributed by atoms with Crippen LogP contribution in [0.15, 0.2) is 86.0 Å². The van der Waals surface area contributed by atoms with E-state index in [-0.39, 0.29) is 29.9 Å². The smallest absolute Gasteiger partial charge is 0.330 e. The zero-order valence-electron chi connectivity index (χ0n) is 33.8. The Labute approximate surface area is 340 Å².